The minimum atomic E-state index is -1.12. The minimum Gasteiger partial charge on any atom is -0.378 e. The van der Waals surface area contributed by atoms with Crippen molar-refractivity contribution in [1.29, 1.82) is 0 Å². The van der Waals surface area contributed by atoms with Crippen LogP contribution in [0.5, 0.6) is 0 Å². The summed E-state index contributed by atoms with van der Waals surface area (Å²) >= 11 is 0. The molecule has 7 heteroatoms. The Hall–Kier alpha value is -0.760. The molecule has 2 unspecified atom stereocenters. The summed E-state index contributed by atoms with van der Waals surface area (Å²) in [4.78, 5) is 13.6. The summed E-state index contributed by atoms with van der Waals surface area (Å²) in [6.45, 7) is 1.15. The van der Waals surface area contributed by atoms with Crippen LogP contribution in [-0.4, -0.2) is 61.9 Å². The van der Waals surface area contributed by atoms with Gasteiger partial charge >= 0.3 is 0 Å². The fourth-order valence-electron chi connectivity index (χ4n) is 2.30. The van der Waals surface area contributed by atoms with E-state index in [-0.39, 0.29) is 18.5 Å². The van der Waals surface area contributed by atoms with Crippen molar-refractivity contribution < 1.29 is 13.9 Å². The Morgan fingerprint density at radius 1 is 1.59 bits per heavy atom. The van der Waals surface area contributed by atoms with Crippen LogP contribution in [0.15, 0.2) is 0 Å². The number of carbonyl (C=O) groups is 1. The third-order valence-electron chi connectivity index (χ3n) is 3.39. The molecule has 0 bridgehead atoms. The molecular formula is C10H19FN4O2. The lowest BCUT2D eigenvalue weighted by Crippen LogP contribution is -2.56. The molecule has 98 valence electrons. The number of nitrogens with two attached hydrogens (primary N) is 1. The molecule has 2 fully saturated rings. The number of hydrogen-bond donors (Lipinski definition) is 3. The maximum absolute atomic E-state index is 13.7. The van der Waals surface area contributed by atoms with Gasteiger partial charge in [0.05, 0.1) is 12.6 Å². The van der Waals surface area contributed by atoms with Gasteiger partial charge in [-0.3, -0.25) is 10.2 Å². The first-order valence-corrected chi connectivity index (χ1v) is 5.83. The summed E-state index contributed by atoms with van der Waals surface area (Å²) in [5.74, 6) is -0.139. The number of rotatable bonds is 2. The number of nitrogens with one attached hydrogen (secondary N) is 2. The second kappa shape index (κ2) is 5.26. The molecule has 4 N–H and O–H groups in total. The zero-order valence-corrected chi connectivity index (χ0v) is 9.86. The van der Waals surface area contributed by atoms with Crippen LogP contribution in [0.4, 0.5) is 4.39 Å². The van der Waals surface area contributed by atoms with E-state index in [1.54, 1.807) is 0 Å². The summed E-state index contributed by atoms with van der Waals surface area (Å²) < 4.78 is 18.7. The summed E-state index contributed by atoms with van der Waals surface area (Å²) in [5.41, 5.74) is 11.4. The third kappa shape index (κ3) is 2.57. The second-order valence-corrected chi connectivity index (χ2v) is 4.53. The van der Waals surface area contributed by atoms with Crippen molar-refractivity contribution in [3.05, 3.63) is 0 Å². The summed E-state index contributed by atoms with van der Waals surface area (Å²) in [6.07, 6.45) is -0.996. The van der Waals surface area contributed by atoms with Gasteiger partial charge in [0, 0.05) is 26.2 Å². The Kier molecular flexibility index (Phi) is 3.93. The average molecular weight is 246 g/mol. The number of amides is 1. The van der Waals surface area contributed by atoms with E-state index in [0.29, 0.717) is 19.5 Å². The van der Waals surface area contributed by atoms with Crippen molar-refractivity contribution in [1.82, 2.24) is 15.8 Å². The maximum Gasteiger partial charge on any atom is 0.242 e. The molecule has 0 aromatic rings. The van der Waals surface area contributed by atoms with Crippen LogP contribution < -0.4 is 16.6 Å². The van der Waals surface area contributed by atoms with Gasteiger partial charge in [-0.15, -0.1) is 0 Å². The van der Waals surface area contributed by atoms with Crippen LogP contribution in [0.1, 0.15) is 6.42 Å². The average Bonchev–Trinajstić information content (AvgIpc) is 2.74. The molecule has 0 spiro atoms. The van der Waals surface area contributed by atoms with Crippen LogP contribution in [0.3, 0.4) is 0 Å². The van der Waals surface area contributed by atoms with Gasteiger partial charge in [0.1, 0.15) is 12.2 Å². The highest BCUT2D eigenvalue weighted by atomic mass is 19.1. The molecule has 0 saturated carbocycles. The van der Waals surface area contributed by atoms with E-state index in [2.05, 4.69) is 10.9 Å². The lowest BCUT2D eigenvalue weighted by atomic mass is 10.0. The number of likely N-dealkylation sites (tertiary alicyclic amines) is 1. The smallest absolute Gasteiger partial charge is 0.242 e. The first-order valence-electron chi connectivity index (χ1n) is 5.83. The topological polar surface area (TPSA) is 79.6 Å². The van der Waals surface area contributed by atoms with Crippen LogP contribution in [0.2, 0.25) is 0 Å². The van der Waals surface area contributed by atoms with Gasteiger partial charge in [0.2, 0.25) is 5.91 Å². The van der Waals surface area contributed by atoms with Gasteiger partial charge in [-0.2, -0.15) is 0 Å². The van der Waals surface area contributed by atoms with Crippen molar-refractivity contribution in [3.63, 3.8) is 0 Å². The van der Waals surface area contributed by atoms with Crippen LogP contribution in [0, 0.1) is 0 Å². The quantitative estimate of drug-likeness (QED) is 0.545. The van der Waals surface area contributed by atoms with E-state index in [9.17, 15) is 9.18 Å². The molecule has 6 nitrogen and oxygen atoms in total. The number of piperidine rings is 1. The van der Waals surface area contributed by atoms with Crippen LogP contribution in [-0.2, 0) is 9.53 Å². The lowest BCUT2D eigenvalue weighted by molar-refractivity contribution is -0.138. The van der Waals surface area contributed by atoms with Crippen LogP contribution in [0.25, 0.3) is 0 Å². The minimum absolute atomic E-state index is 0.0856. The predicted molar refractivity (Wildman–Crippen MR) is 59.8 cm³/mol. The Labute approximate surface area is 99.6 Å². The van der Waals surface area contributed by atoms with Gasteiger partial charge < -0.3 is 15.4 Å². The van der Waals surface area contributed by atoms with Gasteiger partial charge in [-0.05, 0) is 6.42 Å². The first-order chi connectivity index (χ1) is 8.13. The van der Waals surface area contributed by atoms with Crippen molar-refractivity contribution in [3.8, 4) is 0 Å². The maximum atomic E-state index is 13.7. The lowest BCUT2D eigenvalue weighted by Gasteiger charge is -2.35. The standard InChI is InChI=1S/C10H19FN4O2/c1-17-8-2-3-15(5-6(8)11)10(16)9-7(12)4-13-14-9/h6-9,13-14H,2-5,12H2,1H3/t6-,7?,8+,9?/m1/s1. The molecule has 2 heterocycles. The Bertz CT molecular complexity index is 291. The Balaban J connectivity index is 1.93. The molecule has 0 aromatic heterocycles. The molecule has 2 rings (SSSR count). The summed E-state index contributed by atoms with van der Waals surface area (Å²) in [6, 6.07) is -0.720. The normalized spacial score (nSPS) is 38.4. The van der Waals surface area contributed by atoms with Gasteiger partial charge in [-0.25, -0.2) is 9.82 Å². The Morgan fingerprint density at radius 3 is 2.88 bits per heavy atom. The van der Waals surface area contributed by atoms with Crippen molar-refractivity contribution in [2.75, 3.05) is 26.7 Å². The number of nitrogens with zero attached hydrogens (tertiary/aromatic N) is 1. The van der Waals surface area contributed by atoms with E-state index >= 15 is 0 Å². The SMILES string of the molecule is CO[C@H]1CCN(C(=O)C2NNCC2N)C[C@H]1F. The van der Waals surface area contributed by atoms with Gasteiger partial charge in [0.25, 0.3) is 0 Å². The number of ether oxygens (including phenoxy) is 1. The highest BCUT2D eigenvalue weighted by Gasteiger charge is 2.37. The molecule has 0 aromatic carbocycles. The molecule has 4 atom stereocenters. The molecule has 17 heavy (non-hydrogen) atoms. The number of carbonyl (C=O) groups excluding carboxylic acids is 1. The molecule has 1 amide bonds. The zero-order valence-electron chi connectivity index (χ0n) is 9.86. The second-order valence-electron chi connectivity index (χ2n) is 4.53. The highest BCUT2D eigenvalue weighted by molar-refractivity contribution is 5.83. The van der Waals surface area contributed by atoms with E-state index in [1.807, 2.05) is 0 Å². The van der Waals surface area contributed by atoms with Gasteiger partial charge in [0.15, 0.2) is 0 Å². The first kappa shape index (κ1) is 12.7. The number of alkyl halides is 1. The molecule has 2 aliphatic heterocycles. The number of halogens is 1. The van der Waals surface area contributed by atoms with Crippen molar-refractivity contribution in [2.24, 2.45) is 5.73 Å². The fraction of sp³-hybridized carbons (Fsp3) is 0.900. The summed E-state index contributed by atoms with van der Waals surface area (Å²) in [7, 11) is 1.49. The molecular weight excluding hydrogens is 227 g/mol. The monoisotopic (exact) mass is 246 g/mol. The van der Waals surface area contributed by atoms with E-state index < -0.39 is 18.3 Å². The molecule has 2 saturated heterocycles. The molecule has 0 radical (unpaired) electrons. The third-order valence-corrected chi connectivity index (χ3v) is 3.39. The number of hydrogen-bond acceptors (Lipinski definition) is 5. The number of hydrazine groups is 1. The van der Waals surface area contributed by atoms with Crippen molar-refractivity contribution in [2.45, 2.75) is 30.8 Å². The predicted octanol–water partition coefficient (Wildman–Crippen LogP) is -1.62. The highest BCUT2D eigenvalue weighted by Crippen LogP contribution is 2.18. The number of methoxy groups -OCH3 is 1. The summed E-state index contributed by atoms with van der Waals surface area (Å²) in [5, 5.41) is 0. The Morgan fingerprint density at radius 2 is 2.35 bits per heavy atom. The molecule has 0 aliphatic carbocycles. The van der Waals surface area contributed by atoms with Crippen molar-refractivity contribution >= 4 is 5.91 Å². The van der Waals surface area contributed by atoms with E-state index in [4.69, 9.17) is 10.5 Å². The molecule has 2 aliphatic rings. The van der Waals surface area contributed by atoms with Crippen LogP contribution >= 0.6 is 0 Å². The fourth-order valence-corrected chi connectivity index (χ4v) is 2.30. The van der Waals surface area contributed by atoms with E-state index in [1.165, 1.54) is 12.0 Å². The largest absolute Gasteiger partial charge is 0.378 e. The zero-order chi connectivity index (χ0) is 12.4. The van der Waals surface area contributed by atoms with Gasteiger partial charge in [-0.1, -0.05) is 0 Å². The van der Waals surface area contributed by atoms with E-state index in [0.717, 1.165) is 0 Å².